The molecule has 0 radical (unpaired) electrons. The molecule has 16 nitrogen and oxygen atoms in total. The predicted octanol–water partition coefficient (Wildman–Crippen LogP) is 5.09. The number of pyridine rings is 1. The molecule has 1 spiro atoms. The Kier molecular flexibility index (Phi) is 11.3. The van der Waals surface area contributed by atoms with E-state index in [-0.39, 0.29) is 71.6 Å². The van der Waals surface area contributed by atoms with Crippen LogP contribution in [-0.4, -0.2) is 101 Å². The monoisotopic (exact) mass is 865 g/mol. The van der Waals surface area contributed by atoms with Gasteiger partial charge in [-0.2, -0.15) is 4.98 Å². The number of nitrogens with zero attached hydrogens (tertiary/aromatic N) is 6. The highest BCUT2D eigenvalue weighted by atomic mass is 35.5. The van der Waals surface area contributed by atoms with Gasteiger partial charge < -0.3 is 39.4 Å². The molecule has 1 aliphatic carbocycles. The lowest BCUT2D eigenvalue weighted by atomic mass is 9.61. The lowest BCUT2D eigenvalue weighted by molar-refractivity contribution is -0.137. The van der Waals surface area contributed by atoms with Crippen molar-refractivity contribution < 1.29 is 28.7 Å². The number of halogens is 1. The molecule has 3 saturated heterocycles. The van der Waals surface area contributed by atoms with Crippen LogP contribution in [0.4, 0.5) is 23.1 Å². The molecule has 326 valence electrons. The molecule has 62 heavy (non-hydrogen) atoms. The van der Waals surface area contributed by atoms with Crippen molar-refractivity contribution in [2.45, 2.75) is 96.1 Å². The van der Waals surface area contributed by atoms with Gasteiger partial charge in [0.25, 0.3) is 17.4 Å². The van der Waals surface area contributed by atoms with Gasteiger partial charge in [0.05, 0.1) is 23.9 Å². The Morgan fingerprint density at radius 1 is 0.984 bits per heavy atom. The third kappa shape index (κ3) is 8.05. The number of carbonyl (C=O) groups excluding carboxylic acids is 4. The summed E-state index contributed by atoms with van der Waals surface area (Å²) in [7, 11) is 1.51. The molecule has 9 rings (SSSR count). The van der Waals surface area contributed by atoms with Crippen LogP contribution in [0.15, 0.2) is 53.5 Å². The van der Waals surface area contributed by atoms with Crippen LogP contribution in [0.1, 0.15) is 87.2 Å². The maximum atomic E-state index is 13.4. The number of imide groups is 1. The average molecular weight is 866 g/mol. The molecule has 4 aromatic rings. The zero-order valence-electron chi connectivity index (χ0n) is 35.2. The largest absolute Gasteiger partial charge is 0.478 e. The van der Waals surface area contributed by atoms with Crippen LogP contribution in [0, 0.1) is 5.41 Å². The number of rotatable bonds is 11. The van der Waals surface area contributed by atoms with Crippen molar-refractivity contribution in [2.24, 2.45) is 5.41 Å². The van der Waals surface area contributed by atoms with Crippen LogP contribution >= 0.6 is 11.6 Å². The number of fused-ring (bicyclic) bond motifs is 2. The van der Waals surface area contributed by atoms with Crippen LogP contribution < -0.4 is 36.0 Å². The second kappa shape index (κ2) is 16.9. The second-order valence-electron chi connectivity index (χ2n) is 17.5. The molecule has 4 fully saturated rings. The number of benzene rings is 2. The Hall–Kier alpha value is -5.74. The second-order valence-corrected chi connectivity index (χ2v) is 18.0. The van der Waals surface area contributed by atoms with Crippen LogP contribution in [0.2, 0.25) is 5.02 Å². The van der Waals surface area contributed by atoms with Crippen molar-refractivity contribution >= 4 is 69.3 Å². The van der Waals surface area contributed by atoms with Gasteiger partial charge in [-0.3, -0.25) is 29.3 Å². The zero-order chi connectivity index (χ0) is 43.3. The Labute approximate surface area is 364 Å². The first-order valence-corrected chi connectivity index (χ1v) is 22.0. The molecule has 5 aliphatic rings. The van der Waals surface area contributed by atoms with Gasteiger partial charge in [-0.1, -0.05) is 17.7 Å². The number of nitrogens with one attached hydrogen (secondary N) is 3. The fourth-order valence-electron chi connectivity index (χ4n) is 9.93. The number of aromatic nitrogens is 3. The summed E-state index contributed by atoms with van der Waals surface area (Å²) in [6.07, 6.45) is 8.59. The molecule has 2 aromatic heterocycles. The number of amides is 4. The fraction of sp³-hybridized carbons (Fsp3) is 0.489. The third-order valence-corrected chi connectivity index (χ3v) is 13.6. The van der Waals surface area contributed by atoms with E-state index in [1.165, 1.54) is 7.05 Å². The van der Waals surface area contributed by atoms with Gasteiger partial charge in [-0.25, -0.2) is 4.98 Å². The molecular formula is C45H52ClN9O7. The highest BCUT2D eigenvalue weighted by Gasteiger charge is 2.48. The first-order chi connectivity index (χ1) is 29.9. The van der Waals surface area contributed by atoms with E-state index < -0.39 is 6.04 Å². The number of ether oxygens (including phenoxy) is 2. The lowest BCUT2D eigenvalue weighted by Gasteiger charge is -2.53. The van der Waals surface area contributed by atoms with Gasteiger partial charge in [0.15, 0.2) is 18.2 Å². The minimum absolute atomic E-state index is 0.0923. The van der Waals surface area contributed by atoms with E-state index >= 15 is 0 Å². The van der Waals surface area contributed by atoms with Crippen molar-refractivity contribution in [3.63, 3.8) is 0 Å². The van der Waals surface area contributed by atoms with E-state index in [0.717, 1.165) is 86.9 Å². The Morgan fingerprint density at radius 3 is 2.48 bits per heavy atom. The van der Waals surface area contributed by atoms with Gasteiger partial charge in [0, 0.05) is 80.1 Å². The molecule has 4 aliphatic heterocycles. The van der Waals surface area contributed by atoms with Gasteiger partial charge >= 0.3 is 0 Å². The Morgan fingerprint density at radius 2 is 1.76 bits per heavy atom. The van der Waals surface area contributed by atoms with Gasteiger partial charge in [-0.05, 0) is 101 Å². The summed E-state index contributed by atoms with van der Waals surface area (Å²) >= 11 is 6.61. The number of piperidine rings is 3. The van der Waals surface area contributed by atoms with Crippen LogP contribution in [0.3, 0.4) is 0 Å². The van der Waals surface area contributed by atoms with Crippen molar-refractivity contribution in [1.29, 1.82) is 0 Å². The van der Waals surface area contributed by atoms with E-state index in [9.17, 15) is 24.0 Å². The average Bonchev–Trinajstić information content (AvgIpc) is 3.59. The molecule has 6 heterocycles. The van der Waals surface area contributed by atoms with Crippen molar-refractivity contribution in [2.75, 3.05) is 55.0 Å². The minimum atomic E-state index is -0.622. The maximum Gasteiger partial charge on any atom is 0.293 e. The van der Waals surface area contributed by atoms with Gasteiger partial charge in [0.2, 0.25) is 17.8 Å². The maximum absolute atomic E-state index is 13.4. The molecular weight excluding hydrogens is 814 g/mol. The van der Waals surface area contributed by atoms with Crippen LogP contribution in [-0.2, 0) is 25.7 Å². The van der Waals surface area contributed by atoms with E-state index in [1.54, 1.807) is 21.7 Å². The van der Waals surface area contributed by atoms with Crippen molar-refractivity contribution in [1.82, 2.24) is 30.1 Å². The SMILES string of the molecule is CNC(=O)COc1cc2cc(Nc3nc(N4CCC(OC5CC6(CCN(c7cccc8c7CN(C7CCC(=O)NC7=O)C8=O)CC6)C5)CC4)ncc3Cl)ccc2n(C(C)C)c1=O. The van der Waals surface area contributed by atoms with Crippen molar-refractivity contribution in [3.05, 3.63) is 75.2 Å². The Balaban J connectivity index is 0.771. The summed E-state index contributed by atoms with van der Waals surface area (Å²) in [6, 6.07) is 12.4. The number of likely N-dealkylation sites (N-methyl/N-ethyl adjacent to an activating group) is 1. The molecule has 1 saturated carbocycles. The van der Waals surface area contributed by atoms with E-state index in [1.807, 2.05) is 44.2 Å². The molecule has 4 amide bonds. The fourth-order valence-corrected chi connectivity index (χ4v) is 10.1. The van der Waals surface area contributed by atoms with Gasteiger partial charge in [0.1, 0.15) is 11.1 Å². The quantitative estimate of drug-likeness (QED) is 0.170. The number of hydrogen-bond donors (Lipinski definition) is 3. The topological polar surface area (TPSA) is 180 Å². The summed E-state index contributed by atoms with van der Waals surface area (Å²) in [5.41, 5.74) is 4.11. The molecule has 3 N–H and O–H groups in total. The van der Waals surface area contributed by atoms with Crippen molar-refractivity contribution in [3.8, 4) is 5.75 Å². The molecule has 2 aromatic carbocycles. The summed E-state index contributed by atoms with van der Waals surface area (Å²) < 4.78 is 13.9. The number of anilines is 4. The lowest BCUT2D eigenvalue weighted by Crippen LogP contribution is -2.52. The molecule has 17 heteroatoms. The smallest absolute Gasteiger partial charge is 0.293 e. The highest BCUT2D eigenvalue weighted by Crippen LogP contribution is 2.52. The van der Waals surface area contributed by atoms with Gasteiger partial charge in [-0.15, -0.1) is 0 Å². The Bertz CT molecular complexity index is 2490. The number of hydrogen-bond acceptors (Lipinski definition) is 12. The highest BCUT2D eigenvalue weighted by molar-refractivity contribution is 6.33. The third-order valence-electron chi connectivity index (χ3n) is 13.3. The molecule has 1 atom stereocenters. The number of carbonyl (C=O) groups is 4. The van der Waals surface area contributed by atoms with Crippen LogP contribution in [0.25, 0.3) is 10.9 Å². The first kappa shape index (κ1) is 41.6. The summed E-state index contributed by atoms with van der Waals surface area (Å²) in [4.78, 5) is 78.4. The molecule has 1 unspecified atom stereocenters. The van der Waals surface area contributed by atoms with Crippen LogP contribution in [0.5, 0.6) is 5.75 Å². The zero-order valence-corrected chi connectivity index (χ0v) is 36.0. The van der Waals surface area contributed by atoms with E-state index in [0.29, 0.717) is 41.0 Å². The molecule has 0 bridgehead atoms. The van der Waals surface area contributed by atoms with E-state index in [4.69, 9.17) is 26.1 Å². The van der Waals surface area contributed by atoms with E-state index in [2.05, 4.69) is 36.8 Å². The predicted molar refractivity (Wildman–Crippen MR) is 234 cm³/mol. The standard InChI is InChI=1S/C45H52ClN9O7/c1-26(2)55-34-8-7-28(19-27(34)20-37(43(55)60)61-25-39(57)47-3)49-40-33(46)23-48-44(51-40)53-15-11-29(12-16-53)62-30-21-45(22-30)13-17-52(18-14-45)35-6-4-5-31-32(35)24-54(42(31)59)36-9-10-38(56)50-41(36)58/h4-8,19-20,23,26,29-30,36H,9-18,21-22,24-25H2,1-3H3,(H,47,57)(H,48,49,51)(H,50,56,58). The minimum Gasteiger partial charge on any atom is -0.478 e. The normalized spacial score (nSPS) is 20.4. The summed E-state index contributed by atoms with van der Waals surface area (Å²) in [5, 5.41) is 9.36. The first-order valence-electron chi connectivity index (χ1n) is 21.6. The summed E-state index contributed by atoms with van der Waals surface area (Å²) in [5.74, 6) is -0.00427. The summed E-state index contributed by atoms with van der Waals surface area (Å²) in [6.45, 7) is 7.29.